The zero-order chi connectivity index (χ0) is 11.3. The Hall–Kier alpha value is -0.820. The van der Waals surface area contributed by atoms with Crippen molar-refractivity contribution in [1.29, 1.82) is 0 Å². The molecule has 15 heavy (non-hydrogen) atoms. The second-order valence-electron chi connectivity index (χ2n) is 3.82. The first kappa shape index (κ1) is 12.3. The minimum absolute atomic E-state index is 0.00399. The van der Waals surface area contributed by atoms with E-state index >= 15 is 0 Å². The van der Waals surface area contributed by atoms with Gasteiger partial charge in [0.25, 0.3) is 0 Å². The highest BCUT2D eigenvalue weighted by Gasteiger charge is 2.12. The van der Waals surface area contributed by atoms with Crippen LogP contribution in [0.5, 0.6) is 0 Å². The predicted octanol–water partition coefficient (Wildman–Crippen LogP) is 3.90. The highest BCUT2D eigenvalue weighted by Crippen LogP contribution is 2.22. The van der Waals surface area contributed by atoms with Crippen LogP contribution in [0.1, 0.15) is 43.2 Å². The molecule has 0 aliphatic carbocycles. The van der Waals surface area contributed by atoms with Crippen molar-refractivity contribution < 1.29 is 4.79 Å². The van der Waals surface area contributed by atoms with Crippen molar-refractivity contribution in [3.8, 4) is 0 Å². The van der Waals surface area contributed by atoms with Crippen LogP contribution in [0.25, 0.3) is 0 Å². The quantitative estimate of drug-likeness (QED) is 0.694. The van der Waals surface area contributed by atoms with Gasteiger partial charge < -0.3 is 0 Å². The summed E-state index contributed by atoms with van der Waals surface area (Å²) in [6.07, 6.45) is 3.42. The van der Waals surface area contributed by atoms with Gasteiger partial charge in [-0.2, -0.15) is 0 Å². The molecule has 0 aliphatic heterocycles. The molecule has 0 spiro atoms. The van der Waals surface area contributed by atoms with Gasteiger partial charge in [0.15, 0.2) is 5.78 Å². The number of hydrogen-bond acceptors (Lipinski definition) is 1. The third kappa shape index (κ3) is 3.67. The molecule has 1 rings (SSSR count). The molecule has 0 heterocycles. The Bertz CT molecular complexity index is 333. The third-order valence-electron chi connectivity index (χ3n) is 2.42. The van der Waals surface area contributed by atoms with Gasteiger partial charge in [-0.25, -0.2) is 0 Å². The van der Waals surface area contributed by atoms with Crippen molar-refractivity contribution in [3.63, 3.8) is 0 Å². The van der Waals surface area contributed by atoms with E-state index in [1.165, 1.54) is 25.3 Å². The Labute approximate surface area is 96.5 Å². The molecular formula is C13H17ClO. The van der Waals surface area contributed by atoms with Crippen LogP contribution < -0.4 is 0 Å². The first-order valence-corrected chi connectivity index (χ1v) is 5.82. The Kier molecular flexibility index (Phi) is 4.83. The molecule has 82 valence electrons. The molecule has 1 aromatic rings. The standard InChI is InChI=1S/C13H17ClO/c1-3-4-6-11-7-5-8-12(9-11)13(14)10(2)15/h5,7-9,13H,3-4,6H2,1-2H3. The Morgan fingerprint density at radius 3 is 2.80 bits per heavy atom. The van der Waals surface area contributed by atoms with Gasteiger partial charge in [-0.3, -0.25) is 4.79 Å². The van der Waals surface area contributed by atoms with E-state index in [0.29, 0.717) is 0 Å². The van der Waals surface area contributed by atoms with E-state index < -0.39 is 5.38 Å². The molecule has 0 aromatic heterocycles. The highest BCUT2D eigenvalue weighted by atomic mass is 35.5. The molecule has 0 aliphatic rings. The molecular weight excluding hydrogens is 208 g/mol. The Balaban J connectivity index is 2.77. The second-order valence-corrected chi connectivity index (χ2v) is 4.26. The fourth-order valence-corrected chi connectivity index (χ4v) is 1.66. The van der Waals surface area contributed by atoms with E-state index in [4.69, 9.17) is 11.6 Å². The number of carbonyl (C=O) groups is 1. The fraction of sp³-hybridized carbons (Fsp3) is 0.462. The first-order chi connectivity index (χ1) is 7.15. The lowest BCUT2D eigenvalue weighted by molar-refractivity contribution is -0.116. The van der Waals surface area contributed by atoms with E-state index in [1.54, 1.807) is 0 Å². The van der Waals surface area contributed by atoms with E-state index in [9.17, 15) is 4.79 Å². The van der Waals surface area contributed by atoms with Crippen molar-refractivity contribution in [3.05, 3.63) is 35.4 Å². The lowest BCUT2D eigenvalue weighted by Gasteiger charge is -2.08. The maximum absolute atomic E-state index is 11.1. The van der Waals surface area contributed by atoms with Crippen molar-refractivity contribution >= 4 is 17.4 Å². The molecule has 0 amide bonds. The molecule has 2 heteroatoms. The summed E-state index contributed by atoms with van der Waals surface area (Å²) in [4.78, 5) is 11.1. The highest BCUT2D eigenvalue weighted by molar-refractivity contribution is 6.30. The summed E-state index contributed by atoms with van der Waals surface area (Å²) in [5.74, 6) is 0.00399. The van der Waals surface area contributed by atoms with Crippen LogP contribution >= 0.6 is 11.6 Å². The van der Waals surface area contributed by atoms with Gasteiger partial charge in [0, 0.05) is 0 Å². The topological polar surface area (TPSA) is 17.1 Å². The molecule has 0 radical (unpaired) electrons. The lowest BCUT2D eigenvalue weighted by Crippen LogP contribution is -2.02. The molecule has 0 saturated heterocycles. The number of benzene rings is 1. The number of ketones is 1. The SMILES string of the molecule is CCCCc1cccc(C(Cl)C(C)=O)c1. The molecule has 0 saturated carbocycles. The maximum Gasteiger partial charge on any atom is 0.152 e. The summed E-state index contributed by atoms with van der Waals surface area (Å²) in [5.41, 5.74) is 2.18. The van der Waals surface area contributed by atoms with Gasteiger partial charge in [0.2, 0.25) is 0 Å². The van der Waals surface area contributed by atoms with E-state index in [1.807, 2.05) is 18.2 Å². The largest absolute Gasteiger partial charge is 0.298 e. The lowest BCUT2D eigenvalue weighted by atomic mass is 10.0. The second kappa shape index (κ2) is 5.92. The molecule has 1 unspecified atom stereocenters. The number of rotatable bonds is 5. The summed E-state index contributed by atoms with van der Waals surface area (Å²) < 4.78 is 0. The number of carbonyl (C=O) groups excluding carboxylic acids is 1. The van der Waals surface area contributed by atoms with Crippen molar-refractivity contribution in [2.45, 2.75) is 38.5 Å². The van der Waals surface area contributed by atoms with Gasteiger partial charge in [-0.1, -0.05) is 37.6 Å². The average Bonchev–Trinajstić information content (AvgIpc) is 2.25. The number of hydrogen-bond donors (Lipinski definition) is 0. The number of Topliss-reactive ketones (excluding diaryl/α,β-unsaturated/α-hetero) is 1. The van der Waals surface area contributed by atoms with Crippen LogP contribution in [-0.4, -0.2) is 5.78 Å². The Morgan fingerprint density at radius 2 is 2.20 bits per heavy atom. The van der Waals surface area contributed by atoms with Gasteiger partial charge in [-0.15, -0.1) is 11.6 Å². The third-order valence-corrected chi connectivity index (χ3v) is 2.98. The van der Waals surface area contributed by atoms with Crippen LogP contribution in [-0.2, 0) is 11.2 Å². The predicted molar refractivity (Wildman–Crippen MR) is 64.3 cm³/mol. The minimum atomic E-state index is -0.494. The van der Waals surface area contributed by atoms with E-state index in [0.717, 1.165) is 12.0 Å². The summed E-state index contributed by atoms with van der Waals surface area (Å²) in [5, 5.41) is -0.494. The molecule has 1 nitrogen and oxygen atoms in total. The fourth-order valence-electron chi connectivity index (χ4n) is 1.52. The van der Waals surface area contributed by atoms with E-state index in [-0.39, 0.29) is 5.78 Å². The molecule has 0 bridgehead atoms. The van der Waals surface area contributed by atoms with Crippen LogP contribution in [0.4, 0.5) is 0 Å². The molecule has 1 aromatic carbocycles. The minimum Gasteiger partial charge on any atom is -0.298 e. The number of unbranched alkanes of at least 4 members (excludes halogenated alkanes) is 1. The molecule has 1 atom stereocenters. The van der Waals surface area contributed by atoms with Crippen molar-refractivity contribution in [1.82, 2.24) is 0 Å². The van der Waals surface area contributed by atoms with Gasteiger partial charge in [0.1, 0.15) is 5.38 Å². The van der Waals surface area contributed by atoms with Gasteiger partial charge >= 0.3 is 0 Å². The summed E-state index contributed by atoms with van der Waals surface area (Å²) in [6, 6.07) is 8.00. The van der Waals surface area contributed by atoms with E-state index in [2.05, 4.69) is 13.0 Å². The maximum atomic E-state index is 11.1. The first-order valence-electron chi connectivity index (χ1n) is 5.38. The smallest absolute Gasteiger partial charge is 0.152 e. The summed E-state index contributed by atoms with van der Waals surface area (Å²) in [7, 11) is 0. The molecule has 0 fully saturated rings. The number of halogens is 1. The van der Waals surface area contributed by atoms with Crippen LogP contribution in [0, 0.1) is 0 Å². The van der Waals surface area contributed by atoms with Crippen LogP contribution in [0.15, 0.2) is 24.3 Å². The number of aryl methyl sites for hydroxylation is 1. The number of alkyl halides is 1. The van der Waals surface area contributed by atoms with Crippen molar-refractivity contribution in [2.24, 2.45) is 0 Å². The van der Waals surface area contributed by atoms with Crippen molar-refractivity contribution in [2.75, 3.05) is 0 Å². The van der Waals surface area contributed by atoms with Crippen LogP contribution in [0.2, 0.25) is 0 Å². The summed E-state index contributed by atoms with van der Waals surface area (Å²) >= 11 is 6.00. The summed E-state index contributed by atoms with van der Waals surface area (Å²) in [6.45, 7) is 3.69. The van der Waals surface area contributed by atoms with Gasteiger partial charge in [0.05, 0.1) is 0 Å². The molecule has 0 N–H and O–H groups in total. The average molecular weight is 225 g/mol. The monoisotopic (exact) mass is 224 g/mol. The van der Waals surface area contributed by atoms with Crippen LogP contribution in [0.3, 0.4) is 0 Å². The Morgan fingerprint density at radius 1 is 1.47 bits per heavy atom. The zero-order valence-electron chi connectivity index (χ0n) is 9.29. The zero-order valence-corrected chi connectivity index (χ0v) is 10.1. The van der Waals surface area contributed by atoms with Gasteiger partial charge in [-0.05, 0) is 30.9 Å². The normalized spacial score (nSPS) is 12.5.